The minimum atomic E-state index is -2.59. The molecule has 2 aromatic heterocycles. The van der Waals surface area contributed by atoms with Crippen molar-refractivity contribution in [2.75, 3.05) is 5.32 Å². The topological polar surface area (TPSA) is 105 Å². The predicted molar refractivity (Wildman–Crippen MR) is 95.6 cm³/mol. The number of aliphatic hydroxyl groups excluding tert-OH is 2. The number of aromatic nitrogens is 4. The van der Waals surface area contributed by atoms with Crippen LogP contribution >= 0.6 is 0 Å². The predicted octanol–water partition coefficient (Wildman–Crippen LogP) is 2.05. The van der Waals surface area contributed by atoms with Crippen molar-refractivity contribution < 1.29 is 23.7 Å². The summed E-state index contributed by atoms with van der Waals surface area (Å²) in [6.07, 6.45) is 2.64. The van der Waals surface area contributed by atoms with Crippen molar-refractivity contribution in [3.8, 4) is 11.8 Å². The van der Waals surface area contributed by atoms with Gasteiger partial charge < -0.3 is 20.3 Å². The van der Waals surface area contributed by atoms with Crippen LogP contribution in [-0.4, -0.2) is 54.1 Å². The molecular formula is C18H23F2N5O3. The van der Waals surface area contributed by atoms with Crippen LogP contribution in [0.25, 0.3) is 5.95 Å². The molecule has 2 aromatic rings. The Morgan fingerprint density at radius 1 is 1.25 bits per heavy atom. The van der Waals surface area contributed by atoms with Crippen molar-refractivity contribution >= 4 is 5.82 Å². The van der Waals surface area contributed by atoms with E-state index in [0.717, 1.165) is 0 Å². The van der Waals surface area contributed by atoms with Crippen molar-refractivity contribution in [1.29, 1.82) is 0 Å². The maximum absolute atomic E-state index is 13.4. The van der Waals surface area contributed by atoms with Gasteiger partial charge in [-0.15, -0.1) is 0 Å². The smallest absolute Gasteiger partial charge is 0.255 e. The molecule has 10 heteroatoms. The first-order valence-corrected chi connectivity index (χ1v) is 9.44. The number of hydrogen-bond acceptors (Lipinski definition) is 7. The average Bonchev–Trinajstić information content (AvgIpc) is 3.11. The highest BCUT2D eigenvalue weighted by molar-refractivity contribution is 5.42. The second-order valence-electron chi connectivity index (χ2n) is 7.44. The van der Waals surface area contributed by atoms with Crippen molar-refractivity contribution in [2.24, 2.45) is 0 Å². The van der Waals surface area contributed by atoms with E-state index in [-0.39, 0.29) is 43.6 Å². The molecule has 2 heterocycles. The molecule has 2 fully saturated rings. The molecular weight excluding hydrogens is 372 g/mol. The summed E-state index contributed by atoms with van der Waals surface area (Å²) < 4.78 is 34.0. The lowest BCUT2D eigenvalue weighted by Crippen LogP contribution is -2.37. The third-order valence-electron chi connectivity index (χ3n) is 5.13. The highest BCUT2D eigenvalue weighted by Crippen LogP contribution is 2.34. The normalized spacial score (nSPS) is 24.6. The Kier molecular flexibility index (Phi) is 5.15. The van der Waals surface area contributed by atoms with Crippen LogP contribution in [-0.2, 0) is 6.61 Å². The van der Waals surface area contributed by atoms with E-state index in [1.54, 1.807) is 18.3 Å². The summed E-state index contributed by atoms with van der Waals surface area (Å²) in [6.45, 7) is -0.204. The molecule has 0 saturated heterocycles. The lowest BCUT2D eigenvalue weighted by molar-refractivity contribution is -0.0361. The third kappa shape index (κ3) is 4.39. The molecule has 0 atom stereocenters. The lowest BCUT2D eigenvalue weighted by Gasteiger charge is -2.31. The Morgan fingerprint density at radius 3 is 2.64 bits per heavy atom. The molecule has 2 aliphatic carbocycles. The molecule has 2 aliphatic rings. The van der Waals surface area contributed by atoms with Gasteiger partial charge in [0.15, 0.2) is 0 Å². The van der Waals surface area contributed by atoms with Crippen LogP contribution in [0.2, 0.25) is 0 Å². The molecule has 0 amide bonds. The van der Waals surface area contributed by atoms with Crippen LogP contribution < -0.4 is 10.1 Å². The third-order valence-corrected chi connectivity index (χ3v) is 5.13. The molecule has 0 aromatic carbocycles. The Hall–Kier alpha value is -2.33. The second-order valence-corrected chi connectivity index (χ2v) is 7.44. The maximum atomic E-state index is 13.4. The van der Waals surface area contributed by atoms with E-state index >= 15 is 0 Å². The Balaban J connectivity index is 1.54. The molecule has 8 nitrogen and oxygen atoms in total. The number of rotatable bonds is 6. The zero-order chi connectivity index (χ0) is 19.7. The second kappa shape index (κ2) is 7.59. The van der Waals surface area contributed by atoms with E-state index in [0.29, 0.717) is 43.1 Å². The number of ether oxygens (including phenoxy) is 1. The van der Waals surface area contributed by atoms with Crippen LogP contribution in [0.5, 0.6) is 5.88 Å². The SMILES string of the molecule is OCc1ccn(-c2nc(NC3CCC(F)(F)CC3)cc(OC3CC(O)C3)n2)n1. The number of aliphatic hydroxyl groups is 2. The van der Waals surface area contributed by atoms with Gasteiger partial charge in [0.1, 0.15) is 11.9 Å². The number of anilines is 1. The van der Waals surface area contributed by atoms with Gasteiger partial charge in [0.2, 0.25) is 11.8 Å². The summed E-state index contributed by atoms with van der Waals surface area (Å²) in [5.41, 5.74) is 0.473. The number of halogens is 2. The van der Waals surface area contributed by atoms with Gasteiger partial charge in [-0.2, -0.15) is 15.1 Å². The zero-order valence-corrected chi connectivity index (χ0v) is 15.3. The van der Waals surface area contributed by atoms with E-state index in [1.165, 1.54) is 4.68 Å². The van der Waals surface area contributed by atoms with E-state index in [1.807, 2.05) is 0 Å². The van der Waals surface area contributed by atoms with Gasteiger partial charge >= 0.3 is 0 Å². The van der Waals surface area contributed by atoms with Crippen LogP contribution in [0, 0.1) is 0 Å². The molecule has 3 N–H and O–H groups in total. The Bertz CT molecular complexity index is 815. The Morgan fingerprint density at radius 2 is 2.00 bits per heavy atom. The van der Waals surface area contributed by atoms with Gasteiger partial charge in [-0.25, -0.2) is 13.5 Å². The monoisotopic (exact) mass is 395 g/mol. The standard InChI is InChI=1S/C18H23F2N5O3/c19-18(20)4-1-11(2-5-18)21-15-9-16(28-14-7-13(27)8-14)23-17(22-15)25-6-3-12(10-26)24-25/h3,6,9,11,13-14,26-27H,1-2,4-5,7-8,10H2,(H,21,22,23). The van der Waals surface area contributed by atoms with Gasteiger partial charge in [-0.05, 0) is 18.9 Å². The molecule has 152 valence electrons. The van der Waals surface area contributed by atoms with E-state index in [4.69, 9.17) is 4.74 Å². The van der Waals surface area contributed by atoms with Crippen molar-refractivity contribution in [3.63, 3.8) is 0 Å². The highest BCUT2D eigenvalue weighted by Gasteiger charge is 2.35. The molecule has 0 radical (unpaired) electrons. The molecule has 28 heavy (non-hydrogen) atoms. The van der Waals surface area contributed by atoms with Crippen molar-refractivity contribution in [2.45, 2.75) is 69.3 Å². The fourth-order valence-corrected chi connectivity index (χ4v) is 3.41. The zero-order valence-electron chi connectivity index (χ0n) is 15.3. The maximum Gasteiger partial charge on any atom is 0.255 e. The minimum absolute atomic E-state index is 0.105. The van der Waals surface area contributed by atoms with Gasteiger partial charge in [-0.1, -0.05) is 0 Å². The van der Waals surface area contributed by atoms with E-state index in [9.17, 15) is 19.0 Å². The fraction of sp³-hybridized carbons (Fsp3) is 0.611. The fourth-order valence-electron chi connectivity index (χ4n) is 3.41. The van der Waals surface area contributed by atoms with Crippen LogP contribution in [0.3, 0.4) is 0 Å². The summed E-state index contributed by atoms with van der Waals surface area (Å²) in [5.74, 6) is -1.55. The lowest BCUT2D eigenvalue weighted by atomic mass is 9.92. The first-order chi connectivity index (χ1) is 13.4. The van der Waals surface area contributed by atoms with Crippen molar-refractivity contribution in [1.82, 2.24) is 19.7 Å². The quantitative estimate of drug-likeness (QED) is 0.687. The first kappa shape index (κ1) is 19.0. The van der Waals surface area contributed by atoms with Crippen LogP contribution in [0.4, 0.5) is 14.6 Å². The average molecular weight is 395 g/mol. The molecule has 4 rings (SSSR count). The Labute approximate surface area is 160 Å². The molecule has 0 bridgehead atoms. The van der Waals surface area contributed by atoms with Gasteiger partial charge in [0.25, 0.3) is 5.95 Å². The van der Waals surface area contributed by atoms with Crippen LogP contribution in [0.1, 0.15) is 44.2 Å². The molecule has 0 aliphatic heterocycles. The van der Waals surface area contributed by atoms with Gasteiger partial charge in [0, 0.05) is 44.0 Å². The highest BCUT2D eigenvalue weighted by atomic mass is 19.3. The van der Waals surface area contributed by atoms with Gasteiger partial charge in [0.05, 0.1) is 18.4 Å². The largest absolute Gasteiger partial charge is 0.474 e. The van der Waals surface area contributed by atoms with Crippen LogP contribution in [0.15, 0.2) is 18.3 Å². The number of nitrogens with zero attached hydrogens (tertiary/aromatic N) is 4. The summed E-state index contributed by atoms with van der Waals surface area (Å²) in [4.78, 5) is 8.79. The molecule has 0 unspecified atom stereocenters. The summed E-state index contributed by atoms with van der Waals surface area (Å²) in [6, 6.07) is 3.18. The van der Waals surface area contributed by atoms with Gasteiger partial charge in [-0.3, -0.25) is 0 Å². The molecule has 2 saturated carbocycles. The summed E-state index contributed by atoms with van der Waals surface area (Å²) in [5, 5.41) is 26.1. The number of nitrogens with one attached hydrogen (secondary N) is 1. The van der Waals surface area contributed by atoms with E-state index < -0.39 is 5.92 Å². The van der Waals surface area contributed by atoms with E-state index in [2.05, 4.69) is 20.4 Å². The molecule has 0 spiro atoms. The minimum Gasteiger partial charge on any atom is -0.474 e. The summed E-state index contributed by atoms with van der Waals surface area (Å²) in [7, 11) is 0. The van der Waals surface area contributed by atoms with Crippen molar-refractivity contribution in [3.05, 3.63) is 24.0 Å². The number of hydrogen-bond donors (Lipinski definition) is 3. The summed E-state index contributed by atoms with van der Waals surface area (Å²) >= 11 is 0. The number of alkyl halides is 2. The first-order valence-electron chi connectivity index (χ1n) is 9.44.